The van der Waals surface area contributed by atoms with Gasteiger partial charge in [0.2, 0.25) is 0 Å². The van der Waals surface area contributed by atoms with E-state index in [9.17, 15) is 19.2 Å². The Labute approximate surface area is 120 Å². The van der Waals surface area contributed by atoms with E-state index in [1.165, 1.54) is 12.0 Å². The minimum atomic E-state index is -0.754. The quantitative estimate of drug-likeness (QED) is 0.735. The number of nitrogens with zero attached hydrogens (tertiary/aromatic N) is 1. The predicted molar refractivity (Wildman–Crippen MR) is 73.0 cm³/mol. The first kappa shape index (κ1) is 15.0. The molecule has 1 fully saturated rings. The maximum absolute atomic E-state index is 12.5. The Bertz CT molecular complexity index is 613. The molecule has 0 aromatic carbocycles. The summed E-state index contributed by atoms with van der Waals surface area (Å²) >= 11 is 0. The first-order chi connectivity index (χ1) is 10.0. The van der Waals surface area contributed by atoms with Crippen LogP contribution in [-0.2, 0) is 9.53 Å². The molecule has 21 heavy (non-hydrogen) atoms. The van der Waals surface area contributed by atoms with Crippen molar-refractivity contribution in [1.29, 1.82) is 0 Å². The van der Waals surface area contributed by atoms with E-state index in [0.29, 0.717) is 0 Å². The van der Waals surface area contributed by atoms with E-state index in [1.807, 2.05) is 4.98 Å². The molecule has 8 nitrogen and oxygen atoms in total. The second-order valence-electron chi connectivity index (χ2n) is 4.95. The molecule has 0 radical (unpaired) electrons. The number of hydrogen-bond donors (Lipinski definition) is 2. The Balaban J connectivity index is 2.30. The van der Waals surface area contributed by atoms with Crippen molar-refractivity contribution in [2.24, 2.45) is 0 Å². The molecule has 1 aliphatic rings. The standard InChI is InChI=1S/C13H17N3O5/c1-21-11(18)7-16(8-4-2-3-5-8)12(19)9-6-10(17)15-13(20)14-9/h6,8H,2-5,7H2,1H3,(H2,14,15,17,20). The van der Waals surface area contributed by atoms with Crippen LogP contribution in [0.1, 0.15) is 36.2 Å². The molecule has 114 valence electrons. The number of H-pyrrole nitrogens is 2. The van der Waals surface area contributed by atoms with E-state index >= 15 is 0 Å². The van der Waals surface area contributed by atoms with Gasteiger partial charge in [-0.1, -0.05) is 12.8 Å². The Hall–Kier alpha value is -2.38. The third-order valence-electron chi connectivity index (χ3n) is 3.54. The molecular weight excluding hydrogens is 278 g/mol. The number of esters is 1. The Morgan fingerprint density at radius 2 is 1.95 bits per heavy atom. The fraction of sp³-hybridized carbons (Fsp3) is 0.538. The van der Waals surface area contributed by atoms with Gasteiger partial charge in [0.25, 0.3) is 11.5 Å². The van der Waals surface area contributed by atoms with E-state index < -0.39 is 23.1 Å². The van der Waals surface area contributed by atoms with Crippen LogP contribution in [0.15, 0.2) is 15.7 Å². The van der Waals surface area contributed by atoms with Crippen LogP contribution in [0.5, 0.6) is 0 Å². The zero-order valence-corrected chi connectivity index (χ0v) is 11.7. The number of aromatic nitrogens is 2. The number of ether oxygens (including phenoxy) is 1. The van der Waals surface area contributed by atoms with Gasteiger partial charge < -0.3 is 14.6 Å². The summed E-state index contributed by atoms with van der Waals surface area (Å²) in [5.74, 6) is -1.09. The highest BCUT2D eigenvalue weighted by Crippen LogP contribution is 2.24. The molecule has 1 aliphatic carbocycles. The molecule has 1 amide bonds. The van der Waals surface area contributed by atoms with Gasteiger partial charge in [-0.25, -0.2) is 4.79 Å². The molecular formula is C13H17N3O5. The summed E-state index contributed by atoms with van der Waals surface area (Å²) in [7, 11) is 1.24. The van der Waals surface area contributed by atoms with Crippen LogP contribution in [-0.4, -0.2) is 46.4 Å². The summed E-state index contributed by atoms with van der Waals surface area (Å²) in [6.45, 7) is -0.200. The number of methoxy groups -OCH3 is 1. The zero-order valence-electron chi connectivity index (χ0n) is 11.7. The number of hydrogen-bond acceptors (Lipinski definition) is 5. The van der Waals surface area contributed by atoms with E-state index in [0.717, 1.165) is 31.7 Å². The van der Waals surface area contributed by atoms with Crippen LogP contribution >= 0.6 is 0 Å². The number of amides is 1. The van der Waals surface area contributed by atoms with Gasteiger partial charge in [-0.15, -0.1) is 0 Å². The fourth-order valence-electron chi connectivity index (χ4n) is 2.52. The Morgan fingerprint density at radius 1 is 1.29 bits per heavy atom. The van der Waals surface area contributed by atoms with Crippen molar-refractivity contribution in [3.05, 3.63) is 32.6 Å². The zero-order chi connectivity index (χ0) is 15.4. The molecule has 0 spiro atoms. The first-order valence-electron chi connectivity index (χ1n) is 6.72. The van der Waals surface area contributed by atoms with Gasteiger partial charge in [0.1, 0.15) is 12.2 Å². The summed E-state index contributed by atoms with van der Waals surface area (Å²) in [5.41, 5.74) is -1.54. The minimum Gasteiger partial charge on any atom is -0.468 e. The second-order valence-corrected chi connectivity index (χ2v) is 4.95. The third kappa shape index (κ3) is 3.59. The molecule has 1 aromatic rings. The van der Waals surface area contributed by atoms with Crippen LogP contribution in [0.3, 0.4) is 0 Å². The van der Waals surface area contributed by atoms with Crippen LogP contribution in [0.25, 0.3) is 0 Å². The van der Waals surface area contributed by atoms with Crippen molar-refractivity contribution >= 4 is 11.9 Å². The maximum atomic E-state index is 12.5. The van der Waals surface area contributed by atoms with Crippen molar-refractivity contribution in [2.75, 3.05) is 13.7 Å². The van der Waals surface area contributed by atoms with Crippen LogP contribution in [0.2, 0.25) is 0 Å². The van der Waals surface area contributed by atoms with E-state index in [4.69, 9.17) is 0 Å². The molecule has 0 unspecified atom stereocenters. The normalized spacial score (nSPS) is 14.9. The van der Waals surface area contributed by atoms with Gasteiger partial charge in [0, 0.05) is 12.1 Å². The number of aromatic amines is 2. The average molecular weight is 295 g/mol. The summed E-state index contributed by atoms with van der Waals surface area (Å²) in [4.78, 5) is 52.2. The van der Waals surface area contributed by atoms with Crippen molar-refractivity contribution < 1.29 is 14.3 Å². The number of nitrogens with one attached hydrogen (secondary N) is 2. The van der Waals surface area contributed by atoms with Gasteiger partial charge in [-0.3, -0.25) is 19.4 Å². The average Bonchev–Trinajstić information content (AvgIpc) is 2.96. The summed E-state index contributed by atoms with van der Waals surface area (Å²) < 4.78 is 4.60. The minimum absolute atomic E-state index is 0.0839. The van der Waals surface area contributed by atoms with Crippen LogP contribution in [0, 0.1) is 0 Å². The molecule has 2 N–H and O–H groups in total. The topological polar surface area (TPSA) is 112 Å². The molecule has 8 heteroatoms. The third-order valence-corrected chi connectivity index (χ3v) is 3.54. The first-order valence-corrected chi connectivity index (χ1v) is 6.72. The van der Waals surface area contributed by atoms with Gasteiger partial charge in [0.05, 0.1) is 7.11 Å². The lowest BCUT2D eigenvalue weighted by Gasteiger charge is -2.27. The Morgan fingerprint density at radius 3 is 2.52 bits per heavy atom. The monoisotopic (exact) mass is 295 g/mol. The van der Waals surface area contributed by atoms with Crippen molar-refractivity contribution in [3.63, 3.8) is 0 Å². The predicted octanol–water partition coefficient (Wildman–Crippen LogP) is -0.379. The van der Waals surface area contributed by atoms with Crippen molar-refractivity contribution in [3.8, 4) is 0 Å². The molecule has 1 aromatic heterocycles. The molecule has 2 rings (SSSR count). The highest BCUT2D eigenvalue weighted by atomic mass is 16.5. The smallest absolute Gasteiger partial charge is 0.326 e. The highest BCUT2D eigenvalue weighted by molar-refractivity contribution is 5.94. The number of carbonyl (C=O) groups excluding carboxylic acids is 2. The van der Waals surface area contributed by atoms with Crippen molar-refractivity contribution in [2.45, 2.75) is 31.7 Å². The fourth-order valence-corrected chi connectivity index (χ4v) is 2.52. The molecule has 0 aliphatic heterocycles. The lowest BCUT2D eigenvalue weighted by atomic mass is 10.2. The summed E-state index contributed by atoms with van der Waals surface area (Å²) in [5, 5.41) is 0. The molecule has 0 saturated heterocycles. The maximum Gasteiger partial charge on any atom is 0.326 e. The molecule has 1 heterocycles. The summed E-state index contributed by atoms with van der Waals surface area (Å²) in [6.07, 6.45) is 3.52. The second kappa shape index (κ2) is 6.38. The van der Waals surface area contributed by atoms with Gasteiger partial charge in [-0.2, -0.15) is 0 Å². The molecule has 1 saturated carbocycles. The van der Waals surface area contributed by atoms with E-state index in [1.54, 1.807) is 0 Å². The van der Waals surface area contributed by atoms with Gasteiger partial charge >= 0.3 is 11.7 Å². The lowest BCUT2D eigenvalue weighted by molar-refractivity contribution is -0.141. The highest BCUT2D eigenvalue weighted by Gasteiger charge is 2.30. The molecule has 0 atom stereocenters. The van der Waals surface area contributed by atoms with Crippen LogP contribution < -0.4 is 11.2 Å². The van der Waals surface area contributed by atoms with Crippen LogP contribution in [0.4, 0.5) is 0 Å². The van der Waals surface area contributed by atoms with E-state index in [2.05, 4.69) is 9.72 Å². The molecule has 0 bridgehead atoms. The number of rotatable bonds is 4. The number of carbonyl (C=O) groups is 2. The lowest BCUT2D eigenvalue weighted by Crippen LogP contribution is -2.44. The largest absolute Gasteiger partial charge is 0.468 e. The van der Waals surface area contributed by atoms with Gasteiger partial charge in [-0.05, 0) is 12.8 Å². The summed E-state index contributed by atoms with van der Waals surface area (Å²) in [6, 6.07) is 0.933. The van der Waals surface area contributed by atoms with Gasteiger partial charge in [0.15, 0.2) is 0 Å². The van der Waals surface area contributed by atoms with E-state index in [-0.39, 0.29) is 18.3 Å². The SMILES string of the molecule is COC(=O)CN(C(=O)c1cc(=O)[nH]c(=O)[nH]1)C1CCCC1. The Kier molecular flexibility index (Phi) is 4.56. The van der Waals surface area contributed by atoms with Crippen molar-refractivity contribution in [1.82, 2.24) is 14.9 Å².